The molecule has 2 unspecified atom stereocenters. The van der Waals surface area contributed by atoms with E-state index in [0.29, 0.717) is 17.8 Å². The first-order valence-electron chi connectivity index (χ1n) is 8.24. The normalized spacial score (nSPS) is 45.8. The Kier molecular flexibility index (Phi) is 3.87. The van der Waals surface area contributed by atoms with Gasteiger partial charge in [0, 0.05) is 17.8 Å². The van der Waals surface area contributed by atoms with Gasteiger partial charge in [0.15, 0.2) is 0 Å². The van der Waals surface area contributed by atoms with Crippen molar-refractivity contribution in [3.05, 3.63) is 35.5 Å². The molecule has 6 atom stereocenters. The van der Waals surface area contributed by atoms with Gasteiger partial charge >= 0.3 is 0 Å². The van der Waals surface area contributed by atoms with Gasteiger partial charge in [0.2, 0.25) is 0 Å². The molecule has 0 aromatic carbocycles. The van der Waals surface area contributed by atoms with Crippen LogP contribution in [-0.4, -0.2) is 24.4 Å². The molecule has 1 saturated carbocycles. The minimum atomic E-state index is -0.0454. The van der Waals surface area contributed by atoms with E-state index >= 15 is 0 Å². The van der Waals surface area contributed by atoms with Crippen molar-refractivity contribution < 1.29 is 9.47 Å². The van der Waals surface area contributed by atoms with Crippen LogP contribution in [0.2, 0.25) is 0 Å². The summed E-state index contributed by atoms with van der Waals surface area (Å²) in [5, 5.41) is 0. The number of allylic oxidation sites excluding steroid dienone is 3. The lowest BCUT2D eigenvalue weighted by Gasteiger charge is -2.51. The van der Waals surface area contributed by atoms with Crippen LogP contribution in [0.15, 0.2) is 35.5 Å². The van der Waals surface area contributed by atoms with E-state index < -0.39 is 0 Å². The van der Waals surface area contributed by atoms with Crippen LogP contribution in [0, 0.1) is 17.8 Å². The molecule has 3 rings (SSSR count). The first-order valence-corrected chi connectivity index (χ1v) is 8.24. The molecule has 2 aliphatic heterocycles. The van der Waals surface area contributed by atoms with E-state index in [1.165, 1.54) is 5.57 Å². The van der Waals surface area contributed by atoms with Gasteiger partial charge in [0.25, 0.3) is 0 Å². The number of rotatable bonds is 2. The lowest BCUT2D eigenvalue weighted by molar-refractivity contribution is -0.165. The quantitative estimate of drug-likeness (QED) is 0.706. The van der Waals surface area contributed by atoms with Crippen LogP contribution in [0.5, 0.6) is 0 Å². The summed E-state index contributed by atoms with van der Waals surface area (Å²) in [5.74, 6) is 1.39. The summed E-state index contributed by atoms with van der Waals surface area (Å²) >= 11 is 0. The second-order valence-corrected chi connectivity index (χ2v) is 7.09. The van der Waals surface area contributed by atoms with E-state index in [4.69, 9.17) is 9.47 Å². The average Bonchev–Trinajstić information content (AvgIpc) is 2.63. The monoisotopic (exact) mass is 288 g/mol. The second-order valence-electron chi connectivity index (χ2n) is 7.09. The molecule has 21 heavy (non-hydrogen) atoms. The Morgan fingerprint density at radius 2 is 1.81 bits per heavy atom. The summed E-state index contributed by atoms with van der Waals surface area (Å²) < 4.78 is 12.8. The van der Waals surface area contributed by atoms with E-state index in [0.717, 1.165) is 13.0 Å². The Hall–Kier alpha value is -0.860. The Morgan fingerprint density at radius 3 is 2.43 bits per heavy atom. The highest BCUT2D eigenvalue weighted by atomic mass is 16.5. The maximum atomic E-state index is 6.60. The van der Waals surface area contributed by atoms with E-state index in [1.54, 1.807) is 5.57 Å². The lowest BCUT2D eigenvalue weighted by atomic mass is 9.59. The van der Waals surface area contributed by atoms with Gasteiger partial charge in [-0.15, -0.1) is 0 Å². The van der Waals surface area contributed by atoms with E-state index in [9.17, 15) is 0 Å². The van der Waals surface area contributed by atoms with Crippen molar-refractivity contribution in [2.75, 3.05) is 6.61 Å². The van der Waals surface area contributed by atoms with Crippen molar-refractivity contribution in [1.29, 1.82) is 0 Å². The molecule has 1 aliphatic carbocycles. The van der Waals surface area contributed by atoms with Crippen molar-refractivity contribution in [2.24, 2.45) is 17.8 Å². The topological polar surface area (TPSA) is 18.5 Å². The summed E-state index contributed by atoms with van der Waals surface area (Å²) in [5.41, 5.74) is 3.04. The molecular formula is C19H28O2. The third kappa shape index (κ3) is 2.15. The molecule has 0 radical (unpaired) electrons. The van der Waals surface area contributed by atoms with Crippen LogP contribution < -0.4 is 0 Å². The van der Waals surface area contributed by atoms with Crippen LogP contribution in [-0.2, 0) is 9.47 Å². The molecule has 2 heteroatoms. The molecule has 0 amide bonds. The minimum Gasteiger partial charge on any atom is -0.373 e. The molecule has 2 heterocycles. The molecule has 0 aromatic heterocycles. The van der Waals surface area contributed by atoms with Gasteiger partial charge in [-0.05, 0) is 41.0 Å². The average molecular weight is 288 g/mol. The highest BCUT2D eigenvalue weighted by molar-refractivity contribution is 5.31. The summed E-state index contributed by atoms with van der Waals surface area (Å²) in [6.07, 6.45) is 10.2. The van der Waals surface area contributed by atoms with Gasteiger partial charge in [-0.25, -0.2) is 0 Å². The molecule has 0 aromatic rings. The fourth-order valence-corrected chi connectivity index (χ4v) is 4.73. The van der Waals surface area contributed by atoms with Crippen LogP contribution >= 0.6 is 0 Å². The number of hydrogen-bond acceptors (Lipinski definition) is 2. The molecule has 2 saturated heterocycles. The van der Waals surface area contributed by atoms with Gasteiger partial charge < -0.3 is 9.47 Å². The van der Waals surface area contributed by atoms with Crippen LogP contribution in [0.3, 0.4) is 0 Å². The molecular weight excluding hydrogens is 260 g/mol. The minimum absolute atomic E-state index is 0.0454. The van der Waals surface area contributed by atoms with E-state index in [2.05, 4.69) is 58.9 Å². The van der Waals surface area contributed by atoms with Gasteiger partial charge in [0.05, 0.1) is 24.4 Å². The van der Waals surface area contributed by atoms with Crippen molar-refractivity contribution in [1.82, 2.24) is 0 Å². The summed E-state index contributed by atoms with van der Waals surface area (Å²) in [6.45, 7) is 11.8. The van der Waals surface area contributed by atoms with Crippen molar-refractivity contribution in [2.45, 2.75) is 58.8 Å². The maximum absolute atomic E-state index is 6.60. The third-order valence-corrected chi connectivity index (χ3v) is 5.72. The SMILES string of the molecule is C/C=C/C1OCC2CC(=C(C)C)[C@H]3[C@@H](/C=C/C)O[C@]2(C)[C@@H]13. The Balaban J connectivity index is 2.10. The van der Waals surface area contributed by atoms with Crippen molar-refractivity contribution in [3.63, 3.8) is 0 Å². The highest BCUT2D eigenvalue weighted by Gasteiger charge is 2.63. The second kappa shape index (κ2) is 5.40. The number of hydrogen-bond donors (Lipinski definition) is 0. The first kappa shape index (κ1) is 15.1. The lowest BCUT2D eigenvalue weighted by Crippen LogP contribution is -2.56. The van der Waals surface area contributed by atoms with Gasteiger partial charge in [-0.1, -0.05) is 35.5 Å². The van der Waals surface area contributed by atoms with E-state index in [-0.39, 0.29) is 17.8 Å². The fourth-order valence-electron chi connectivity index (χ4n) is 4.73. The van der Waals surface area contributed by atoms with Crippen molar-refractivity contribution in [3.8, 4) is 0 Å². The molecule has 0 spiro atoms. The summed E-state index contributed by atoms with van der Waals surface area (Å²) in [4.78, 5) is 0. The maximum Gasteiger partial charge on any atom is 0.0833 e. The largest absolute Gasteiger partial charge is 0.373 e. The summed E-state index contributed by atoms with van der Waals surface area (Å²) in [6, 6.07) is 0. The number of ether oxygens (including phenoxy) is 2. The molecule has 116 valence electrons. The standard InChI is InChI=1S/C19H28O2/c1-6-8-15-17-14(12(3)4)10-13-11-20-16(9-7-2)18(17)19(13,5)21-15/h6-9,13,15-18H,10-11H2,1-5H3/b8-6+,9-7+/t13?,15-,16?,17+,18+,19+/m1/s1. The van der Waals surface area contributed by atoms with Gasteiger partial charge in [-0.3, -0.25) is 0 Å². The zero-order chi connectivity index (χ0) is 15.2. The fraction of sp³-hybridized carbons (Fsp3) is 0.684. The molecule has 0 N–H and O–H groups in total. The Labute approximate surface area is 128 Å². The zero-order valence-corrected chi connectivity index (χ0v) is 13.9. The summed E-state index contributed by atoms with van der Waals surface area (Å²) in [7, 11) is 0. The highest BCUT2D eigenvalue weighted by Crippen LogP contribution is 2.59. The molecule has 2 nitrogen and oxygen atoms in total. The Morgan fingerprint density at radius 1 is 1.14 bits per heavy atom. The predicted molar refractivity (Wildman–Crippen MR) is 86.1 cm³/mol. The van der Waals surface area contributed by atoms with E-state index in [1.807, 2.05) is 0 Å². The zero-order valence-electron chi connectivity index (χ0n) is 13.9. The van der Waals surface area contributed by atoms with Crippen LogP contribution in [0.25, 0.3) is 0 Å². The third-order valence-electron chi connectivity index (χ3n) is 5.72. The molecule has 4 bridgehead atoms. The van der Waals surface area contributed by atoms with Crippen LogP contribution in [0.1, 0.15) is 41.0 Å². The first-order chi connectivity index (χ1) is 10.0. The molecule has 3 fully saturated rings. The predicted octanol–water partition coefficient (Wildman–Crippen LogP) is 4.28. The smallest absolute Gasteiger partial charge is 0.0833 e. The van der Waals surface area contributed by atoms with Gasteiger partial charge in [-0.2, -0.15) is 0 Å². The van der Waals surface area contributed by atoms with Gasteiger partial charge in [0.1, 0.15) is 0 Å². The molecule has 3 aliphatic rings. The van der Waals surface area contributed by atoms with Crippen molar-refractivity contribution >= 4 is 0 Å². The van der Waals surface area contributed by atoms with Crippen LogP contribution in [0.4, 0.5) is 0 Å². The Bertz CT molecular complexity index is 498.